The van der Waals surface area contributed by atoms with Crippen molar-refractivity contribution >= 4 is 11.8 Å². The van der Waals surface area contributed by atoms with Gasteiger partial charge in [0.15, 0.2) is 0 Å². The maximum absolute atomic E-state index is 13.1. The average Bonchev–Trinajstić information content (AvgIpc) is 2.95. The molecule has 2 fully saturated rings. The summed E-state index contributed by atoms with van der Waals surface area (Å²) in [5.41, 5.74) is 1.45. The summed E-state index contributed by atoms with van der Waals surface area (Å²) in [6.07, 6.45) is 4.04. The molecule has 3 heterocycles. The zero-order valence-electron chi connectivity index (χ0n) is 15.6. The van der Waals surface area contributed by atoms with Gasteiger partial charge in [0, 0.05) is 51.7 Å². The minimum Gasteiger partial charge on any atom is -0.336 e. The molecule has 1 unspecified atom stereocenters. The first-order chi connectivity index (χ1) is 13.6. The first-order valence-electron chi connectivity index (χ1n) is 9.58. The van der Waals surface area contributed by atoms with Gasteiger partial charge in [-0.3, -0.25) is 19.5 Å². The van der Waals surface area contributed by atoms with Crippen LogP contribution in [0, 0.1) is 5.82 Å². The second-order valence-electron chi connectivity index (χ2n) is 7.28. The highest BCUT2D eigenvalue weighted by atomic mass is 19.1. The maximum Gasteiger partial charge on any atom is 0.255 e. The van der Waals surface area contributed by atoms with Gasteiger partial charge in [-0.1, -0.05) is 12.1 Å². The second-order valence-corrected chi connectivity index (χ2v) is 7.28. The number of pyridine rings is 1. The van der Waals surface area contributed by atoms with Crippen LogP contribution in [0.15, 0.2) is 48.8 Å². The van der Waals surface area contributed by atoms with E-state index in [0.29, 0.717) is 31.7 Å². The Morgan fingerprint density at radius 1 is 1.11 bits per heavy atom. The van der Waals surface area contributed by atoms with Crippen LogP contribution in [0.1, 0.15) is 22.3 Å². The van der Waals surface area contributed by atoms with Crippen LogP contribution in [0.2, 0.25) is 0 Å². The van der Waals surface area contributed by atoms with E-state index < -0.39 is 0 Å². The number of carbonyl (C=O) groups excluding carboxylic acids is 2. The van der Waals surface area contributed by atoms with Crippen molar-refractivity contribution in [3.8, 4) is 0 Å². The van der Waals surface area contributed by atoms with Crippen molar-refractivity contribution in [3.63, 3.8) is 0 Å². The molecular formula is C21H23FN4O2. The lowest BCUT2D eigenvalue weighted by molar-refractivity contribution is -0.142. The van der Waals surface area contributed by atoms with Crippen molar-refractivity contribution in [2.24, 2.45) is 0 Å². The van der Waals surface area contributed by atoms with Crippen molar-refractivity contribution in [1.82, 2.24) is 19.7 Å². The molecule has 2 saturated heterocycles. The van der Waals surface area contributed by atoms with E-state index in [4.69, 9.17) is 0 Å². The third-order valence-corrected chi connectivity index (χ3v) is 5.44. The highest BCUT2D eigenvalue weighted by Crippen LogP contribution is 2.20. The number of aromatic nitrogens is 1. The van der Waals surface area contributed by atoms with E-state index in [0.717, 1.165) is 25.1 Å². The fraction of sp³-hybridized carbons (Fsp3) is 0.381. The summed E-state index contributed by atoms with van der Waals surface area (Å²) in [7, 11) is 0. The van der Waals surface area contributed by atoms with E-state index >= 15 is 0 Å². The summed E-state index contributed by atoms with van der Waals surface area (Å²) in [5, 5.41) is 0. The van der Waals surface area contributed by atoms with Gasteiger partial charge in [0.1, 0.15) is 11.9 Å². The number of halogens is 1. The quantitative estimate of drug-likeness (QED) is 0.812. The first kappa shape index (κ1) is 18.6. The van der Waals surface area contributed by atoms with Crippen LogP contribution in [0.4, 0.5) is 4.39 Å². The predicted molar refractivity (Wildman–Crippen MR) is 102 cm³/mol. The van der Waals surface area contributed by atoms with Crippen LogP contribution in [0.25, 0.3) is 0 Å². The lowest BCUT2D eigenvalue weighted by Crippen LogP contribution is -2.59. The standard InChI is InChI=1S/C21H23FN4O2/c22-18-6-4-16(5-7-18)14-26-12-11-24-9-2-10-25(15-19(24)21(26)28)20(27)17-3-1-8-23-13-17/h1,3-8,13,19H,2,9-12,14-15H2. The molecule has 0 aliphatic carbocycles. The van der Waals surface area contributed by atoms with Crippen molar-refractivity contribution < 1.29 is 14.0 Å². The Morgan fingerprint density at radius 3 is 2.68 bits per heavy atom. The number of hydrogen-bond donors (Lipinski definition) is 0. The summed E-state index contributed by atoms with van der Waals surface area (Å²) < 4.78 is 13.1. The first-order valence-corrected chi connectivity index (χ1v) is 9.58. The third-order valence-electron chi connectivity index (χ3n) is 5.44. The molecule has 4 rings (SSSR count). The molecule has 1 atom stereocenters. The van der Waals surface area contributed by atoms with Crippen LogP contribution < -0.4 is 0 Å². The summed E-state index contributed by atoms with van der Waals surface area (Å²) in [5.74, 6) is -0.340. The lowest BCUT2D eigenvalue weighted by Gasteiger charge is -2.40. The molecule has 2 aromatic rings. The van der Waals surface area contributed by atoms with E-state index in [9.17, 15) is 14.0 Å². The Labute approximate surface area is 163 Å². The Morgan fingerprint density at radius 2 is 1.93 bits per heavy atom. The third kappa shape index (κ3) is 3.89. The molecular weight excluding hydrogens is 359 g/mol. The number of piperazine rings is 1. The molecule has 2 aliphatic heterocycles. The highest BCUT2D eigenvalue weighted by molar-refractivity contribution is 5.94. The second kappa shape index (κ2) is 8.06. The minimum absolute atomic E-state index is 0.0291. The molecule has 0 radical (unpaired) electrons. The molecule has 2 amide bonds. The van der Waals surface area contributed by atoms with Crippen molar-refractivity contribution in [2.45, 2.75) is 19.0 Å². The number of carbonyl (C=O) groups is 2. The zero-order valence-corrected chi connectivity index (χ0v) is 15.6. The van der Waals surface area contributed by atoms with Crippen molar-refractivity contribution in [3.05, 3.63) is 65.7 Å². The highest BCUT2D eigenvalue weighted by Gasteiger charge is 2.38. The van der Waals surface area contributed by atoms with Gasteiger partial charge in [0.05, 0.1) is 5.56 Å². The van der Waals surface area contributed by atoms with Gasteiger partial charge in [-0.25, -0.2) is 4.39 Å². The molecule has 146 valence electrons. The van der Waals surface area contributed by atoms with Crippen molar-refractivity contribution in [2.75, 3.05) is 32.7 Å². The number of hydrogen-bond acceptors (Lipinski definition) is 4. The van der Waals surface area contributed by atoms with Crippen molar-refractivity contribution in [1.29, 1.82) is 0 Å². The molecule has 7 heteroatoms. The van der Waals surface area contributed by atoms with E-state index in [2.05, 4.69) is 9.88 Å². The smallest absolute Gasteiger partial charge is 0.255 e. The summed E-state index contributed by atoms with van der Waals surface area (Å²) in [4.78, 5) is 35.8. The normalized spacial score (nSPS) is 20.6. The molecule has 0 spiro atoms. The molecule has 1 aromatic carbocycles. The van der Waals surface area contributed by atoms with Gasteiger partial charge >= 0.3 is 0 Å². The molecule has 0 saturated carbocycles. The van der Waals surface area contributed by atoms with Gasteiger partial charge in [-0.2, -0.15) is 0 Å². The van der Waals surface area contributed by atoms with Gasteiger partial charge < -0.3 is 9.80 Å². The summed E-state index contributed by atoms with van der Waals surface area (Å²) in [6.45, 7) is 3.70. The lowest BCUT2D eigenvalue weighted by atomic mass is 10.1. The van der Waals surface area contributed by atoms with Gasteiger partial charge in [0.2, 0.25) is 5.91 Å². The summed E-state index contributed by atoms with van der Waals surface area (Å²) >= 11 is 0. The fourth-order valence-electron chi connectivity index (χ4n) is 3.93. The van der Waals surface area contributed by atoms with Crippen LogP contribution in [-0.4, -0.2) is 70.3 Å². The minimum atomic E-state index is -0.336. The Bertz CT molecular complexity index is 843. The molecule has 0 bridgehead atoms. The van der Waals surface area contributed by atoms with E-state index in [1.807, 2.05) is 4.90 Å². The molecule has 6 nitrogen and oxygen atoms in total. The van der Waals surface area contributed by atoms with Gasteiger partial charge in [-0.15, -0.1) is 0 Å². The maximum atomic E-state index is 13.1. The molecule has 2 aliphatic rings. The Hall–Kier alpha value is -2.80. The Kier molecular flexibility index (Phi) is 5.34. The zero-order chi connectivity index (χ0) is 19.5. The number of rotatable bonds is 3. The number of fused-ring (bicyclic) bond motifs is 1. The summed E-state index contributed by atoms with van der Waals surface area (Å²) in [6, 6.07) is 9.40. The van der Waals surface area contributed by atoms with E-state index in [1.54, 1.807) is 41.6 Å². The SMILES string of the molecule is O=C(c1cccnc1)N1CCCN2CCN(Cc3ccc(F)cc3)C(=O)C2C1. The molecule has 1 aromatic heterocycles. The van der Waals surface area contributed by atoms with E-state index in [-0.39, 0.29) is 23.7 Å². The number of nitrogens with zero attached hydrogens (tertiary/aromatic N) is 4. The predicted octanol–water partition coefficient (Wildman–Crippen LogP) is 1.78. The monoisotopic (exact) mass is 382 g/mol. The van der Waals surface area contributed by atoms with Gasteiger partial charge in [-0.05, 0) is 36.2 Å². The van der Waals surface area contributed by atoms with Crippen LogP contribution >= 0.6 is 0 Å². The molecule has 0 N–H and O–H groups in total. The number of benzene rings is 1. The fourth-order valence-corrected chi connectivity index (χ4v) is 3.93. The van der Waals surface area contributed by atoms with Crippen LogP contribution in [-0.2, 0) is 11.3 Å². The Balaban J connectivity index is 1.48. The number of amides is 2. The van der Waals surface area contributed by atoms with Crippen LogP contribution in [0.5, 0.6) is 0 Å². The topological polar surface area (TPSA) is 56.8 Å². The van der Waals surface area contributed by atoms with E-state index in [1.165, 1.54) is 12.1 Å². The van der Waals surface area contributed by atoms with Gasteiger partial charge in [0.25, 0.3) is 5.91 Å². The largest absolute Gasteiger partial charge is 0.336 e. The van der Waals surface area contributed by atoms with Crippen LogP contribution in [0.3, 0.4) is 0 Å². The molecule has 28 heavy (non-hydrogen) atoms. The average molecular weight is 382 g/mol.